The lowest BCUT2D eigenvalue weighted by atomic mass is 9.90. The summed E-state index contributed by atoms with van der Waals surface area (Å²) in [5.41, 5.74) is 2.75. The molecule has 0 spiro atoms. The molecule has 1 unspecified atom stereocenters. The molecule has 7 nitrogen and oxygen atoms in total. The molecule has 1 aromatic heterocycles. The largest absolute Gasteiger partial charge is 0.486 e. The van der Waals surface area contributed by atoms with Crippen LogP contribution in [0.15, 0.2) is 66.9 Å². The number of rotatable bonds is 8. The third-order valence-electron chi connectivity index (χ3n) is 6.41. The lowest BCUT2D eigenvalue weighted by Crippen LogP contribution is -2.45. The van der Waals surface area contributed by atoms with Crippen molar-refractivity contribution in [3.05, 3.63) is 66.9 Å². The van der Waals surface area contributed by atoms with E-state index in [1.807, 2.05) is 68.4 Å². The fourth-order valence-electron chi connectivity index (χ4n) is 3.90. The van der Waals surface area contributed by atoms with E-state index in [1.165, 1.54) is 0 Å². The summed E-state index contributed by atoms with van der Waals surface area (Å²) in [6.45, 7) is 8.13. The van der Waals surface area contributed by atoms with E-state index in [0.29, 0.717) is 18.2 Å². The van der Waals surface area contributed by atoms with Crippen molar-refractivity contribution < 1.29 is 19.1 Å². The van der Waals surface area contributed by atoms with E-state index in [0.717, 1.165) is 35.3 Å². The second-order valence-electron chi connectivity index (χ2n) is 9.73. The highest BCUT2D eigenvalue weighted by atomic mass is 16.5. The van der Waals surface area contributed by atoms with Gasteiger partial charge in [0.1, 0.15) is 24.2 Å². The van der Waals surface area contributed by atoms with Crippen molar-refractivity contribution in [1.29, 1.82) is 0 Å². The Kier molecular flexibility index (Phi) is 7.58. The second kappa shape index (κ2) is 10.8. The first-order valence-electron chi connectivity index (χ1n) is 12.3. The third-order valence-corrected chi connectivity index (χ3v) is 6.41. The van der Waals surface area contributed by atoms with Gasteiger partial charge < -0.3 is 14.8 Å². The van der Waals surface area contributed by atoms with E-state index < -0.39 is 5.41 Å². The highest BCUT2D eigenvalue weighted by molar-refractivity contribution is 6.03. The van der Waals surface area contributed by atoms with Gasteiger partial charge in [-0.05, 0) is 63.1 Å². The van der Waals surface area contributed by atoms with Gasteiger partial charge in [-0.2, -0.15) is 0 Å². The maximum Gasteiger partial charge on any atom is 0.326 e. The van der Waals surface area contributed by atoms with Crippen molar-refractivity contribution in [3.8, 4) is 22.8 Å². The minimum absolute atomic E-state index is 0.0704. The molecule has 1 atom stereocenters. The maximum atomic E-state index is 13.2. The molecule has 0 saturated heterocycles. The molecule has 1 aliphatic rings. The predicted octanol–water partition coefficient (Wildman–Crippen LogP) is 6.34. The lowest BCUT2D eigenvalue weighted by Gasteiger charge is -2.35. The smallest absolute Gasteiger partial charge is 0.326 e. The van der Waals surface area contributed by atoms with Crippen LogP contribution in [0.1, 0.15) is 40.5 Å². The van der Waals surface area contributed by atoms with Crippen molar-refractivity contribution in [2.24, 2.45) is 5.41 Å². The monoisotopic (exact) mass is 487 g/mol. The Bertz CT molecular complexity index is 1210. The predicted molar refractivity (Wildman–Crippen MR) is 142 cm³/mol. The molecule has 0 aliphatic carbocycles. The van der Waals surface area contributed by atoms with E-state index >= 15 is 0 Å². The third kappa shape index (κ3) is 5.85. The van der Waals surface area contributed by atoms with E-state index in [-0.39, 0.29) is 24.5 Å². The van der Waals surface area contributed by atoms with Crippen molar-refractivity contribution in [2.75, 3.05) is 23.4 Å². The standard InChI is InChI=1S/C29H33N3O4/c1-5-9-24-18-32(28(34)31-23-10-7-6-8-11-23)25-14-12-21(16-26(25)36-24)22-13-15-27(30-17-22)35-19-29(3,4)20(2)33/h6-8,10-17,24H,5,9,18-19H2,1-4H3,(H,31,34). The van der Waals surface area contributed by atoms with Gasteiger partial charge in [0, 0.05) is 23.5 Å². The van der Waals surface area contributed by atoms with Crippen LogP contribution < -0.4 is 19.7 Å². The van der Waals surface area contributed by atoms with Crippen LogP contribution in [0, 0.1) is 5.41 Å². The summed E-state index contributed by atoms with van der Waals surface area (Å²) in [7, 11) is 0. The number of ether oxygens (including phenoxy) is 2. The number of fused-ring (bicyclic) bond motifs is 1. The highest BCUT2D eigenvalue weighted by Crippen LogP contribution is 2.38. The summed E-state index contributed by atoms with van der Waals surface area (Å²) >= 11 is 0. The first-order valence-corrected chi connectivity index (χ1v) is 12.3. The quantitative estimate of drug-likeness (QED) is 0.401. The van der Waals surface area contributed by atoms with Gasteiger partial charge in [0.2, 0.25) is 5.88 Å². The number of hydrogen-bond donors (Lipinski definition) is 1. The van der Waals surface area contributed by atoms with Gasteiger partial charge in [-0.1, -0.05) is 37.6 Å². The van der Waals surface area contributed by atoms with E-state index in [9.17, 15) is 9.59 Å². The Morgan fingerprint density at radius 3 is 2.53 bits per heavy atom. The molecule has 36 heavy (non-hydrogen) atoms. The van der Waals surface area contributed by atoms with Crippen LogP contribution in [0.2, 0.25) is 0 Å². The zero-order valence-corrected chi connectivity index (χ0v) is 21.3. The number of urea groups is 1. The fraction of sp³-hybridized carbons (Fsp3) is 0.345. The molecule has 0 radical (unpaired) electrons. The van der Waals surface area contributed by atoms with Gasteiger partial charge in [0.15, 0.2) is 0 Å². The number of nitrogens with zero attached hydrogens (tertiary/aromatic N) is 2. The zero-order chi connectivity index (χ0) is 25.7. The number of ketones is 1. The van der Waals surface area contributed by atoms with Crippen LogP contribution >= 0.6 is 0 Å². The number of amides is 2. The average Bonchev–Trinajstić information content (AvgIpc) is 2.87. The van der Waals surface area contributed by atoms with Crippen LogP contribution in [0.4, 0.5) is 16.2 Å². The van der Waals surface area contributed by atoms with Crippen LogP contribution in [0.3, 0.4) is 0 Å². The summed E-state index contributed by atoms with van der Waals surface area (Å²) in [5, 5.41) is 2.98. The normalized spacial score (nSPS) is 15.0. The van der Waals surface area contributed by atoms with Crippen molar-refractivity contribution >= 4 is 23.2 Å². The van der Waals surface area contributed by atoms with E-state index in [1.54, 1.807) is 24.1 Å². The highest BCUT2D eigenvalue weighted by Gasteiger charge is 2.30. The number of Topliss-reactive ketones (excluding diaryl/α,β-unsaturated/α-hetero) is 1. The number of pyridine rings is 1. The second-order valence-corrected chi connectivity index (χ2v) is 9.73. The number of aromatic nitrogens is 1. The summed E-state index contributed by atoms with van der Waals surface area (Å²) in [6, 6.07) is 18.8. The van der Waals surface area contributed by atoms with E-state index in [2.05, 4.69) is 17.2 Å². The Hall–Kier alpha value is -3.87. The summed E-state index contributed by atoms with van der Waals surface area (Å²) < 4.78 is 12.0. The number of benzene rings is 2. The molecule has 4 rings (SSSR count). The number of anilines is 2. The summed E-state index contributed by atoms with van der Waals surface area (Å²) in [6.07, 6.45) is 3.46. The van der Waals surface area contributed by atoms with Crippen molar-refractivity contribution in [3.63, 3.8) is 0 Å². The molecule has 0 saturated carbocycles. The molecule has 1 aliphatic heterocycles. The summed E-state index contributed by atoms with van der Waals surface area (Å²) in [5.74, 6) is 1.21. The van der Waals surface area contributed by atoms with Crippen LogP contribution in [-0.2, 0) is 4.79 Å². The molecule has 3 aromatic rings. The molecule has 2 heterocycles. The van der Waals surface area contributed by atoms with E-state index in [4.69, 9.17) is 9.47 Å². The first-order chi connectivity index (χ1) is 17.3. The molecule has 2 aromatic carbocycles. The van der Waals surface area contributed by atoms with Gasteiger partial charge >= 0.3 is 6.03 Å². The molecule has 1 N–H and O–H groups in total. The van der Waals surface area contributed by atoms with Gasteiger partial charge in [-0.25, -0.2) is 9.78 Å². The van der Waals surface area contributed by atoms with Gasteiger partial charge in [-0.3, -0.25) is 9.69 Å². The molecule has 0 bridgehead atoms. The minimum atomic E-state index is -0.566. The Labute approximate surface area is 212 Å². The molecule has 7 heteroatoms. The number of carbonyl (C=O) groups excluding carboxylic acids is 2. The molecule has 0 fully saturated rings. The van der Waals surface area contributed by atoms with Crippen LogP contribution in [-0.4, -0.2) is 36.1 Å². The molecular weight excluding hydrogens is 454 g/mol. The number of hydrogen-bond acceptors (Lipinski definition) is 5. The SMILES string of the molecule is CCCC1CN(C(=O)Nc2ccccc2)c2ccc(-c3ccc(OCC(C)(C)C(C)=O)nc3)cc2O1. The van der Waals surface area contributed by atoms with Crippen LogP contribution in [0.25, 0.3) is 11.1 Å². The Morgan fingerprint density at radius 1 is 1.11 bits per heavy atom. The Morgan fingerprint density at radius 2 is 1.86 bits per heavy atom. The minimum Gasteiger partial charge on any atom is -0.486 e. The topological polar surface area (TPSA) is 80.8 Å². The first kappa shape index (κ1) is 25.2. The zero-order valence-electron chi connectivity index (χ0n) is 21.3. The fourth-order valence-corrected chi connectivity index (χ4v) is 3.90. The number of para-hydroxylation sites is 1. The van der Waals surface area contributed by atoms with Crippen molar-refractivity contribution in [2.45, 2.75) is 46.6 Å². The van der Waals surface area contributed by atoms with Gasteiger partial charge in [0.25, 0.3) is 0 Å². The van der Waals surface area contributed by atoms with Crippen LogP contribution in [0.5, 0.6) is 11.6 Å². The number of nitrogens with one attached hydrogen (secondary N) is 1. The molecule has 2 amide bonds. The average molecular weight is 488 g/mol. The Balaban J connectivity index is 1.54. The summed E-state index contributed by atoms with van der Waals surface area (Å²) in [4.78, 5) is 31.1. The lowest BCUT2D eigenvalue weighted by molar-refractivity contribution is -0.126. The molecular formula is C29H33N3O4. The van der Waals surface area contributed by atoms with Gasteiger partial charge in [0.05, 0.1) is 17.6 Å². The van der Waals surface area contributed by atoms with Crippen molar-refractivity contribution in [1.82, 2.24) is 4.98 Å². The number of carbonyl (C=O) groups is 2. The molecule has 188 valence electrons. The maximum absolute atomic E-state index is 13.2. The van der Waals surface area contributed by atoms with Gasteiger partial charge in [-0.15, -0.1) is 0 Å².